The molecule has 2 N–H and O–H groups in total. The van der Waals surface area contributed by atoms with Crippen molar-refractivity contribution in [3.63, 3.8) is 0 Å². The van der Waals surface area contributed by atoms with Gasteiger partial charge in [0.2, 0.25) is 0 Å². The van der Waals surface area contributed by atoms with Crippen LogP contribution in [0, 0.1) is 13.8 Å². The number of halogens is 3. The Kier molecular flexibility index (Phi) is 3.69. The van der Waals surface area contributed by atoms with E-state index in [-0.39, 0.29) is 5.56 Å². The second-order valence-corrected chi connectivity index (χ2v) is 5.75. The molecule has 1 aromatic heterocycles. The van der Waals surface area contributed by atoms with Crippen molar-refractivity contribution in [1.82, 2.24) is 0 Å². The first kappa shape index (κ1) is 14.1. The minimum Gasteiger partial charge on any atom is -0.320 e. The molecule has 0 radical (unpaired) electrons. The van der Waals surface area contributed by atoms with Gasteiger partial charge in [-0.15, -0.1) is 11.3 Å². The standard InChI is InChI=1S/C14H14F3NS/c1-8-7-9(2)19-13(8)12(18)10-5-3-4-6-11(10)14(15,16)17/h3-7,12H,18H2,1-2H3. The summed E-state index contributed by atoms with van der Waals surface area (Å²) in [7, 11) is 0. The molecule has 0 saturated heterocycles. The van der Waals surface area contributed by atoms with Gasteiger partial charge in [0.15, 0.2) is 0 Å². The molecule has 1 aromatic carbocycles. The maximum atomic E-state index is 13.0. The Bertz CT molecular complexity index is 587. The van der Waals surface area contributed by atoms with Crippen LogP contribution in [-0.2, 0) is 6.18 Å². The largest absolute Gasteiger partial charge is 0.416 e. The van der Waals surface area contributed by atoms with Crippen molar-refractivity contribution in [3.8, 4) is 0 Å². The van der Waals surface area contributed by atoms with Gasteiger partial charge in [-0.3, -0.25) is 0 Å². The Labute approximate surface area is 113 Å². The maximum absolute atomic E-state index is 13.0. The fraction of sp³-hybridized carbons (Fsp3) is 0.286. The molecule has 102 valence electrons. The highest BCUT2D eigenvalue weighted by Gasteiger charge is 2.34. The van der Waals surface area contributed by atoms with Gasteiger partial charge >= 0.3 is 6.18 Å². The molecule has 5 heteroatoms. The van der Waals surface area contributed by atoms with E-state index in [1.807, 2.05) is 19.9 Å². The molecule has 1 atom stereocenters. The topological polar surface area (TPSA) is 26.0 Å². The number of hydrogen-bond donors (Lipinski definition) is 1. The third-order valence-electron chi connectivity index (χ3n) is 2.96. The molecule has 2 aromatic rings. The van der Waals surface area contributed by atoms with Crippen molar-refractivity contribution in [2.24, 2.45) is 5.73 Å². The van der Waals surface area contributed by atoms with Crippen LogP contribution in [0.3, 0.4) is 0 Å². The lowest BCUT2D eigenvalue weighted by Gasteiger charge is -2.18. The average molecular weight is 285 g/mol. The molecule has 1 heterocycles. The summed E-state index contributed by atoms with van der Waals surface area (Å²) in [6.07, 6.45) is -4.38. The zero-order chi connectivity index (χ0) is 14.2. The number of thiophene rings is 1. The van der Waals surface area contributed by atoms with E-state index in [2.05, 4.69) is 0 Å². The molecule has 0 aliphatic heterocycles. The van der Waals surface area contributed by atoms with Gasteiger partial charge in [0.05, 0.1) is 11.6 Å². The van der Waals surface area contributed by atoms with Crippen molar-refractivity contribution in [2.45, 2.75) is 26.1 Å². The Morgan fingerprint density at radius 2 is 1.79 bits per heavy atom. The summed E-state index contributed by atoms with van der Waals surface area (Å²) >= 11 is 1.44. The van der Waals surface area contributed by atoms with Gasteiger partial charge in [-0.1, -0.05) is 18.2 Å². The quantitative estimate of drug-likeness (QED) is 0.867. The molecule has 0 saturated carbocycles. The van der Waals surface area contributed by atoms with Crippen molar-refractivity contribution in [1.29, 1.82) is 0 Å². The number of nitrogens with two attached hydrogens (primary N) is 1. The normalized spacial score (nSPS) is 13.6. The number of alkyl halides is 3. The summed E-state index contributed by atoms with van der Waals surface area (Å²) in [5.41, 5.74) is 6.44. The van der Waals surface area contributed by atoms with Gasteiger partial charge in [-0.2, -0.15) is 13.2 Å². The smallest absolute Gasteiger partial charge is 0.320 e. The van der Waals surface area contributed by atoms with Gasteiger partial charge < -0.3 is 5.73 Å². The van der Waals surface area contributed by atoms with Crippen LogP contribution in [0.5, 0.6) is 0 Å². The van der Waals surface area contributed by atoms with Crippen LogP contribution in [0.4, 0.5) is 13.2 Å². The first-order valence-corrected chi connectivity index (χ1v) is 6.61. The van der Waals surface area contributed by atoms with E-state index in [1.54, 1.807) is 6.07 Å². The molecule has 0 aliphatic carbocycles. The van der Waals surface area contributed by atoms with Crippen molar-refractivity contribution >= 4 is 11.3 Å². The van der Waals surface area contributed by atoms with Gasteiger partial charge in [0.25, 0.3) is 0 Å². The summed E-state index contributed by atoms with van der Waals surface area (Å²) < 4.78 is 38.9. The Hall–Kier alpha value is -1.33. The Morgan fingerprint density at radius 1 is 1.16 bits per heavy atom. The van der Waals surface area contributed by atoms with Crippen LogP contribution in [-0.4, -0.2) is 0 Å². The van der Waals surface area contributed by atoms with Crippen LogP contribution in [0.15, 0.2) is 30.3 Å². The van der Waals surface area contributed by atoms with Crippen LogP contribution >= 0.6 is 11.3 Å². The summed E-state index contributed by atoms with van der Waals surface area (Å²) in [5.74, 6) is 0. The van der Waals surface area contributed by atoms with E-state index in [0.717, 1.165) is 21.4 Å². The molecule has 0 bridgehead atoms. The van der Waals surface area contributed by atoms with Gasteiger partial charge in [0.1, 0.15) is 0 Å². The molecular formula is C14H14F3NS. The highest BCUT2D eigenvalue weighted by atomic mass is 32.1. The molecule has 1 unspecified atom stereocenters. The first-order chi connectivity index (χ1) is 8.80. The number of aryl methyl sites for hydroxylation is 2. The van der Waals surface area contributed by atoms with E-state index in [4.69, 9.17) is 5.73 Å². The average Bonchev–Trinajstić information content (AvgIpc) is 2.66. The summed E-state index contributed by atoms with van der Waals surface area (Å²) in [5, 5.41) is 0. The molecule has 0 amide bonds. The second kappa shape index (κ2) is 4.98. The van der Waals surface area contributed by atoms with E-state index < -0.39 is 17.8 Å². The van der Waals surface area contributed by atoms with E-state index in [9.17, 15) is 13.2 Å². The highest BCUT2D eigenvalue weighted by molar-refractivity contribution is 7.12. The summed E-state index contributed by atoms with van der Waals surface area (Å²) in [6, 6.07) is 6.69. The Balaban J connectivity index is 2.50. The van der Waals surface area contributed by atoms with Crippen LogP contribution in [0.25, 0.3) is 0 Å². The van der Waals surface area contributed by atoms with E-state index in [0.29, 0.717) is 0 Å². The van der Waals surface area contributed by atoms with Crippen LogP contribution in [0.1, 0.15) is 32.5 Å². The highest BCUT2D eigenvalue weighted by Crippen LogP contribution is 2.38. The van der Waals surface area contributed by atoms with Crippen LogP contribution in [0.2, 0.25) is 0 Å². The summed E-state index contributed by atoms with van der Waals surface area (Å²) in [4.78, 5) is 1.83. The fourth-order valence-corrected chi connectivity index (χ4v) is 3.19. The Morgan fingerprint density at radius 3 is 2.32 bits per heavy atom. The minimum absolute atomic E-state index is 0.125. The van der Waals surface area contributed by atoms with Gasteiger partial charge in [0, 0.05) is 9.75 Å². The SMILES string of the molecule is Cc1cc(C)c(C(N)c2ccccc2C(F)(F)F)s1. The number of rotatable bonds is 2. The van der Waals surface area contributed by atoms with E-state index in [1.165, 1.54) is 23.5 Å². The van der Waals surface area contributed by atoms with Crippen molar-refractivity contribution < 1.29 is 13.2 Å². The number of benzene rings is 1. The lowest BCUT2D eigenvalue weighted by molar-refractivity contribution is -0.138. The lowest BCUT2D eigenvalue weighted by Crippen LogP contribution is -2.18. The predicted octanol–water partition coefficient (Wildman–Crippen LogP) is 4.43. The van der Waals surface area contributed by atoms with Crippen LogP contribution < -0.4 is 5.73 Å². The maximum Gasteiger partial charge on any atom is 0.416 e. The summed E-state index contributed by atoms with van der Waals surface area (Å²) in [6.45, 7) is 3.79. The minimum atomic E-state index is -4.38. The number of hydrogen-bond acceptors (Lipinski definition) is 2. The lowest BCUT2D eigenvalue weighted by atomic mass is 9.98. The monoisotopic (exact) mass is 285 g/mol. The third-order valence-corrected chi connectivity index (χ3v) is 4.20. The van der Waals surface area contributed by atoms with Crippen molar-refractivity contribution in [3.05, 3.63) is 56.8 Å². The zero-order valence-electron chi connectivity index (χ0n) is 10.6. The predicted molar refractivity (Wildman–Crippen MR) is 71.3 cm³/mol. The molecule has 0 fully saturated rings. The second-order valence-electron chi connectivity index (χ2n) is 4.47. The van der Waals surface area contributed by atoms with Gasteiger partial charge in [-0.05, 0) is 37.1 Å². The molecule has 0 aliphatic rings. The first-order valence-electron chi connectivity index (χ1n) is 5.79. The molecule has 19 heavy (non-hydrogen) atoms. The van der Waals surface area contributed by atoms with Gasteiger partial charge in [-0.25, -0.2) is 0 Å². The molecular weight excluding hydrogens is 271 g/mol. The molecule has 1 nitrogen and oxygen atoms in total. The molecule has 2 rings (SSSR count). The fourth-order valence-electron chi connectivity index (χ4n) is 2.14. The third kappa shape index (κ3) is 2.82. The van der Waals surface area contributed by atoms with E-state index >= 15 is 0 Å². The zero-order valence-corrected chi connectivity index (χ0v) is 11.4. The van der Waals surface area contributed by atoms with Crippen molar-refractivity contribution in [2.75, 3.05) is 0 Å². The molecule has 0 spiro atoms.